The normalized spacial score (nSPS) is 23.7. The van der Waals surface area contributed by atoms with Crippen LogP contribution in [0.2, 0.25) is 0 Å². The molecule has 1 aromatic carbocycles. The second-order valence-corrected chi connectivity index (χ2v) is 5.69. The van der Waals surface area contributed by atoms with Gasteiger partial charge in [0.15, 0.2) is 0 Å². The monoisotopic (exact) mass is 283 g/mol. The Morgan fingerprint density at radius 2 is 1.89 bits per heavy atom. The van der Waals surface area contributed by atoms with Crippen LogP contribution in [-0.2, 0) is 11.2 Å². The van der Waals surface area contributed by atoms with Crippen molar-refractivity contribution in [3.05, 3.63) is 35.6 Å². The molecule has 104 valence electrons. The van der Waals surface area contributed by atoms with Crippen molar-refractivity contribution in [2.75, 3.05) is 0 Å². The number of alkyl halides is 1. The topological polar surface area (TPSA) is 29.1 Å². The Morgan fingerprint density at radius 1 is 1.21 bits per heavy atom. The summed E-state index contributed by atoms with van der Waals surface area (Å²) in [5.41, 5.74) is 0.818. The molecule has 0 spiro atoms. The first-order valence-corrected chi connectivity index (χ1v) is 7.26. The molecule has 1 fully saturated rings. The maximum absolute atomic E-state index is 12.8. The zero-order valence-electron chi connectivity index (χ0n) is 10.9. The van der Waals surface area contributed by atoms with E-state index in [1.807, 2.05) is 0 Å². The molecule has 1 N–H and O–H groups in total. The van der Waals surface area contributed by atoms with Gasteiger partial charge in [-0.15, -0.1) is 11.6 Å². The first-order chi connectivity index (χ1) is 9.15. The number of benzene rings is 1. The van der Waals surface area contributed by atoms with Gasteiger partial charge in [0, 0.05) is 6.04 Å². The van der Waals surface area contributed by atoms with E-state index in [1.54, 1.807) is 12.1 Å². The number of nitrogens with one attached hydrogen (secondary N) is 1. The van der Waals surface area contributed by atoms with Crippen molar-refractivity contribution < 1.29 is 9.18 Å². The van der Waals surface area contributed by atoms with Gasteiger partial charge in [-0.1, -0.05) is 31.4 Å². The highest BCUT2D eigenvalue weighted by atomic mass is 35.5. The van der Waals surface area contributed by atoms with Gasteiger partial charge >= 0.3 is 0 Å². The molecule has 2 atom stereocenters. The minimum absolute atomic E-state index is 0.0275. The number of halogens is 2. The van der Waals surface area contributed by atoms with E-state index in [2.05, 4.69) is 5.32 Å². The standard InChI is InChI=1S/C15H19ClFNO/c16-13-4-2-1-3-5-14(13)18-15(19)10-11-6-8-12(17)9-7-11/h6-9,13-14H,1-5,10H2,(H,18,19). The molecule has 2 nitrogen and oxygen atoms in total. The first-order valence-electron chi connectivity index (χ1n) is 6.83. The fraction of sp³-hybridized carbons (Fsp3) is 0.533. The molecule has 2 rings (SSSR count). The van der Waals surface area contributed by atoms with Crippen LogP contribution in [0, 0.1) is 5.82 Å². The molecule has 0 aliphatic heterocycles. The third-order valence-electron chi connectivity index (χ3n) is 3.56. The number of carbonyl (C=O) groups excluding carboxylic acids is 1. The van der Waals surface area contributed by atoms with Gasteiger partial charge < -0.3 is 5.32 Å². The highest BCUT2D eigenvalue weighted by Crippen LogP contribution is 2.22. The van der Waals surface area contributed by atoms with Crippen LogP contribution >= 0.6 is 11.6 Å². The average Bonchev–Trinajstić information content (AvgIpc) is 2.58. The van der Waals surface area contributed by atoms with E-state index in [4.69, 9.17) is 11.6 Å². The molecule has 1 amide bonds. The molecule has 1 aliphatic carbocycles. The molecular weight excluding hydrogens is 265 g/mol. The number of amides is 1. The SMILES string of the molecule is O=C(Cc1ccc(F)cc1)NC1CCCCCC1Cl. The number of carbonyl (C=O) groups is 1. The van der Waals surface area contributed by atoms with Crippen molar-refractivity contribution in [1.29, 1.82) is 0 Å². The number of rotatable bonds is 3. The van der Waals surface area contributed by atoms with Gasteiger partial charge in [-0.05, 0) is 30.5 Å². The summed E-state index contributed by atoms with van der Waals surface area (Å²) in [6.07, 6.45) is 5.63. The smallest absolute Gasteiger partial charge is 0.224 e. The van der Waals surface area contributed by atoms with E-state index >= 15 is 0 Å². The van der Waals surface area contributed by atoms with Crippen LogP contribution in [0.5, 0.6) is 0 Å². The number of hydrogen-bond donors (Lipinski definition) is 1. The van der Waals surface area contributed by atoms with Crippen molar-refractivity contribution >= 4 is 17.5 Å². The van der Waals surface area contributed by atoms with Gasteiger partial charge in [0.2, 0.25) is 5.91 Å². The largest absolute Gasteiger partial charge is 0.352 e. The summed E-state index contributed by atoms with van der Waals surface area (Å²) < 4.78 is 12.8. The molecule has 0 bridgehead atoms. The van der Waals surface area contributed by atoms with Crippen molar-refractivity contribution in [2.24, 2.45) is 0 Å². The van der Waals surface area contributed by atoms with E-state index in [9.17, 15) is 9.18 Å². The first kappa shape index (κ1) is 14.3. The average molecular weight is 284 g/mol. The van der Waals surface area contributed by atoms with Gasteiger partial charge in [0.05, 0.1) is 11.8 Å². The quantitative estimate of drug-likeness (QED) is 0.668. The van der Waals surface area contributed by atoms with E-state index in [-0.39, 0.29) is 29.6 Å². The van der Waals surface area contributed by atoms with Gasteiger partial charge in [0.1, 0.15) is 5.82 Å². The summed E-state index contributed by atoms with van der Waals surface area (Å²) in [6, 6.07) is 6.09. The highest BCUT2D eigenvalue weighted by molar-refractivity contribution is 6.21. The van der Waals surface area contributed by atoms with E-state index in [0.717, 1.165) is 31.2 Å². The summed E-state index contributed by atoms with van der Waals surface area (Å²) in [4.78, 5) is 12.0. The number of hydrogen-bond acceptors (Lipinski definition) is 1. The van der Waals surface area contributed by atoms with Gasteiger partial charge in [-0.2, -0.15) is 0 Å². The summed E-state index contributed by atoms with van der Waals surface area (Å²) in [7, 11) is 0. The molecule has 1 aliphatic rings. The molecule has 19 heavy (non-hydrogen) atoms. The highest BCUT2D eigenvalue weighted by Gasteiger charge is 2.23. The maximum atomic E-state index is 12.8. The molecule has 0 aromatic heterocycles. The van der Waals surface area contributed by atoms with Crippen LogP contribution in [0.3, 0.4) is 0 Å². The third kappa shape index (κ3) is 4.50. The van der Waals surface area contributed by atoms with Crippen molar-refractivity contribution in [1.82, 2.24) is 5.32 Å². The molecule has 0 saturated heterocycles. The Morgan fingerprint density at radius 3 is 2.63 bits per heavy atom. The zero-order valence-corrected chi connectivity index (χ0v) is 11.6. The Labute approximate surface area is 118 Å². The van der Waals surface area contributed by atoms with Gasteiger partial charge in [-0.25, -0.2) is 4.39 Å². The molecule has 0 heterocycles. The summed E-state index contributed by atoms with van der Waals surface area (Å²) in [6.45, 7) is 0. The van der Waals surface area contributed by atoms with Crippen molar-refractivity contribution in [2.45, 2.75) is 49.9 Å². The minimum atomic E-state index is -0.284. The van der Waals surface area contributed by atoms with Crippen molar-refractivity contribution in [3.8, 4) is 0 Å². The Balaban J connectivity index is 1.87. The Hall–Kier alpha value is -1.09. The second-order valence-electron chi connectivity index (χ2n) is 5.13. The molecule has 1 aromatic rings. The van der Waals surface area contributed by atoms with E-state index in [0.29, 0.717) is 0 Å². The molecule has 1 saturated carbocycles. The molecule has 4 heteroatoms. The molecular formula is C15H19ClFNO. The summed E-state index contributed by atoms with van der Waals surface area (Å²) in [5.74, 6) is -0.321. The zero-order chi connectivity index (χ0) is 13.7. The third-order valence-corrected chi connectivity index (χ3v) is 4.08. The lowest BCUT2D eigenvalue weighted by Gasteiger charge is -2.21. The lowest BCUT2D eigenvalue weighted by molar-refractivity contribution is -0.121. The van der Waals surface area contributed by atoms with Crippen molar-refractivity contribution in [3.63, 3.8) is 0 Å². The fourth-order valence-corrected chi connectivity index (χ4v) is 2.81. The fourth-order valence-electron chi connectivity index (χ4n) is 2.47. The van der Waals surface area contributed by atoms with Crippen LogP contribution < -0.4 is 5.32 Å². The van der Waals surface area contributed by atoms with Gasteiger partial charge in [0.25, 0.3) is 0 Å². The summed E-state index contributed by atoms with van der Waals surface area (Å²) >= 11 is 6.29. The minimum Gasteiger partial charge on any atom is -0.352 e. The predicted octanol–water partition coefficient (Wildman–Crippen LogP) is 3.42. The summed E-state index contributed by atoms with van der Waals surface area (Å²) in [5, 5.41) is 3.03. The lowest BCUT2D eigenvalue weighted by atomic mass is 10.1. The Bertz CT molecular complexity index is 421. The lowest BCUT2D eigenvalue weighted by Crippen LogP contribution is -2.41. The maximum Gasteiger partial charge on any atom is 0.224 e. The van der Waals surface area contributed by atoms with Crippen LogP contribution in [0.15, 0.2) is 24.3 Å². The van der Waals surface area contributed by atoms with Crippen LogP contribution in [0.1, 0.15) is 37.7 Å². The second kappa shape index (κ2) is 6.90. The van der Waals surface area contributed by atoms with Crippen LogP contribution in [0.25, 0.3) is 0 Å². The molecule has 0 radical (unpaired) electrons. The van der Waals surface area contributed by atoms with Crippen LogP contribution in [-0.4, -0.2) is 17.3 Å². The van der Waals surface area contributed by atoms with Gasteiger partial charge in [-0.3, -0.25) is 4.79 Å². The van der Waals surface area contributed by atoms with E-state index < -0.39 is 0 Å². The van der Waals surface area contributed by atoms with E-state index in [1.165, 1.54) is 18.6 Å². The molecule has 2 unspecified atom stereocenters. The Kier molecular flexibility index (Phi) is 5.20. The predicted molar refractivity (Wildman–Crippen MR) is 74.8 cm³/mol. The van der Waals surface area contributed by atoms with Crippen LogP contribution in [0.4, 0.5) is 4.39 Å².